The molecule has 0 aromatic heterocycles. The Hall–Kier alpha value is -2.03. The average Bonchev–Trinajstić information content (AvgIpc) is 2.29. The van der Waals surface area contributed by atoms with E-state index in [-0.39, 0.29) is 11.6 Å². The lowest BCUT2D eigenvalue weighted by Gasteiger charge is -2.10. The van der Waals surface area contributed by atoms with E-state index in [0.29, 0.717) is 5.75 Å². The lowest BCUT2D eigenvalue weighted by molar-refractivity contribution is 0.442. The quantitative estimate of drug-likeness (QED) is 0.797. The molecule has 0 unspecified atom stereocenters. The molecule has 0 spiro atoms. The molecule has 2 nitrogen and oxygen atoms in total. The molecule has 0 saturated carbocycles. The highest BCUT2D eigenvalue weighted by atomic mass is 19.1. The molecule has 0 fully saturated rings. The normalized spacial score (nSPS) is 10.3. The number of hydrogen-bond acceptors (Lipinski definition) is 2. The van der Waals surface area contributed by atoms with Gasteiger partial charge < -0.3 is 10.5 Å². The van der Waals surface area contributed by atoms with Gasteiger partial charge in [0.1, 0.15) is 5.75 Å². The molecule has 0 heterocycles. The number of aryl methyl sites for hydroxylation is 2. The second-order valence-electron chi connectivity index (χ2n) is 4.00. The van der Waals surface area contributed by atoms with Crippen molar-refractivity contribution in [2.45, 2.75) is 13.8 Å². The standard InChI is InChI=1S/C14H14FNO/c1-9-7-11(8-10(2)14(9)16)17-13-6-4-3-5-12(13)15/h3-8H,16H2,1-2H3. The summed E-state index contributed by atoms with van der Waals surface area (Å²) in [5.74, 6) is 0.440. The van der Waals surface area contributed by atoms with E-state index in [9.17, 15) is 4.39 Å². The molecule has 17 heavy (non-hydrogen) atoms. The number of nitrogen functional groups attached to an aromatic ring is 1. The van der Waals surface area contributed by atoms with Crippen LogP contribution in [0.3, 0.4) is 0 Å². The minimum absolute atomic E-state index is 0.219. The molecule has 0 aliphatic heterocycles. The minimum Gasteiger partial charge on any atom is -0.454 e. The number of para-hydroxylation sites is 1. The zero-order valence-corrected chi connectivity index (χ0v) is 9.83. The Balaban J connectivity index is 2.34. The largest absolute Gasteiger partial charge is 0.454 e. The number of nitrogens with two attached hydrogens (primary N) is 1. The molecule has 0 aliphatic rings. The van der Waals surface area contributed by atoms with Crippen LogP contribution in [0.25, 0.3) is 0 Å². The maximum Gasteiger partial charge on any atom is 0.165 e. The van der Waals surface area contributed by atoms with Crippen LogP contribution < -0.4 is 10.5 Å². The molecule has 3 heteroatoms. The van der Waals surface area contributed by atoms with Crippen LogP contribution in [0.15, 0.2) is 36.4 Å². The van der Waals surface area contributed by atoms with E-state index in [1.54, 1.807) is 30.3 Å². The molecule has 0 saturated heterocycles. The predicted molar refractivity (Wildman–Crippen MR) is 66.8 cm³/mol. The van der Waals surface area contributed by atoms with Crippen molar-refractivity contribution in [2.24, 2.45) is 0 Å². The summed E-state index contributed by atoms with van der Waals surface area (Å²) in [4.78, 5) is 0. The van der Waals surface area contributed by atoms with E-state index in [0.717, 1.165) is 16.8 Å². The summed E-state index contributed by atoms with van der Waals surface area (Å²) in [7, 11) is 0. The fraction of sp³-hybridized carbons (Fsp3) is 0.143. The Morgan fingerprint density at radius 1 is 1.06 bits per heavy atom. The van der Waals surface area contributed by atoms with Gasteiger partial charge in [0, 0.05) is 5.69 Å². The molecule has 2 rings (SSSR count). The van der Waals surface area contributed by atoms with Gasteiger partial charge >= 0.3 is 0 Å². The molecular formula is C14H14FNO. The third-order valence-corrected chi connectivity index (χ3v) is 2.63. The summed E-state index contributed by atoms with van der Waals surface area (Å²) < 4.78 is 18.9. The number of ether oxygens (including phenoxy) is 1. The second kappa shape index (κ2) is 4.45. The van der Waals surface area contributed by atoms with Crippen molar-refractivity contribution in [2.75, 3.05) is 5.73 Å². The molecule has 0 bridgehead atoms. The van der Waals surface area contributed by atoms with Gasteiger partial charge in [-0.3, -0.25) is 0 Å². The van der Waals surface area contributed by atoms with Gasteiger partial charge in [0.25, 0.3) is 0 Å². The molecule has 0 radical (unpaired) electrons. The fourth-order valence-corrected chi connectivity index (χ4v) is 1.65. The zero-order valence-electron chi connectivity index (χ0n) is 9.83. The van der Waals surface area contributed by atoms with Crippen LogP contribution in [0.5, 0.6) is 11.5 Å². The van der Waals surface area contributed by atoms with Gasteiger partial charge in [-0.15, -0.1) is 0 Å². The Morgan fingerprint density at radius 2 is 1.65 bits per heavy atom. The van der Waals surface area contributed by atoms with Crippen molar-refractivity contribution < 1.29 is 9.13 Å². The van der Waals surface area contributed by atoms with Crippen molar-refractivity contribution in [1.29, 1.82) is 0 Å². The van der Waals surface area contributed by atoms with Gasteiger partial charge in [-0.25, -0.2) is 4.39 Å². The maximum absolute atomic E-state index is 13.4. The topological polar surface area (TPSA) is 35.2 Å². The van der Waals surface area contributed by atoms with Crippen LogP contribution in [0, 0.1) is 19.7 Å². The molecule has 88 valence electrons. The first-order valence-electron chi connectivity index (χ1n) is 5.37. The average molecular weight is 231 g/mol. The van der Waals surface area contributed by atoms with E-state index >= 15 is 0 Å². The fourth-order valence-electron chi connectivity index (χ4n) is 1.65. The SMILES string of the molecule is Cc1cc(Oc2ccccc2F)cc(C)c1N. The van der Waals surface area contributed by atoms with Gasteiger partial charge in [0.15, 0.2) is 11.6 Å². The Labute approximate surface area is 99.8 Å². The van der Waals surface area contributed by atoms with E-state index < -0.39 is 0 Å². The number of anilines is 1. The number of rotatable bonds is 2. The summed E-state index contributed by atoms with van der Waals surface area (Å²) in [6.07, 6.45) is 0. The van der Waals surface area contributed by atoms with Crippen LogP contribution in [-0.4, -0.2) is 0 Å². The summed E-state index contributed by atoms with van der Waals surface area (Å²) >= 11 is 0. The smallest absolute Gasteiger partial charge is 0.165 e. The molecule has 2 aromatic carbocycles. The van der Waals surface area contributed by atoms with Crippen LogP contribution in [0.4, 0.5) is 10.1 Å². The Morgan fingerprint density at radius 3 is 2.24 bits per heavy atom. The van der Waals surface area contributed by atoms with Gasteiger partial charge in [-0.05, 0) is 49.2 Å². The molecular weight excluding hydrogens is 217 g/mol. The van der Waals surface area contributed by atoms with Crippen LogP contribution in [-0.2, 0) is 0 Å². The van der Waals surface area contributed by atoms with E-state index in [1.165, 1.54) is 6.07 Å². The van der Waals surface area contributed by atoms with Gasteiger partial charge in [0.05, 0.1) is 0 Å². The van der Waals surface area contributed by atoms with Crippen molar-refractivity contribution in [3.8, 4) is 11.5 Å². The highest BCUT2D eigenvalue weighted by Gasteiger charge is 2.06. The molecule has 0 aliphatic carbocycles. The summed E-state index contributed by atoms with van der Waals surface area (Å²) in [6, 6.07) is 9.92. The van der Waals surface area contributed by atoms with Gasteiger partial charge in [0.2, 0.25) is 0 Å². The highest BCUT2D eigenvalue weighted by Crippen LogP contribution is 2.28. The first-order valence-corrected chi connectivity index (χ1v) is 5.37. The van der Waals surface area contributed by atoms with Crippen molar-refractivity contribution >= 4 is 5.69 Å². The van der Waals surface area contributed by atoms with E-state index in [4.69, 9.17) is 10.5 Å². The Bertz CT molecular complexity index is 529. The van der Waals surface area contributed by atoms with Crippen LogP contribution >= 0.6 is 0 Å². The number of halogens is 1. The third-order valence-electron chi connectivity index (χ3n) is 2.63. The summed E-state index contributed by atoms with van der Waals surface area (Å²) in [5.41, 5.74) is 8.44. The van der Waals surface area contributed by atoms with Gasteiger partial charge in [-0.2, -0.15) is 0 Å². The van der Waals surface area contributed by atoms with Crippen LogP contribution in [0.1, 0.15) is 11.1 Å². The molecule has 0 atom stereocenters. The molecule has 2 aromatic rings. The monoisotopic (exact) mass is 231 g/mol. The van der Waals surface area contributed by atoms with E-state index in [1.807, 2.05) is 13.8 Å². The predicted octanol–water partition coefficient (Wildman–Crippen LogP) is 3.82. The summed E-state index contributed by atoms with van der Waals surface area (Å²) in [5, 5.41) is 0. The Kier molecular flexibility index (Phi) is 3.00. The lowest BCUT2D eigenvalue weighted by atomic mass is 10.1. The third kappa shape index (κ3) is 2.38. The first-order chi connectivity index (χ1) is 8.08. The number of hydrogen-bond donors (Lipinski definition) is 1. The summed E-state index contributed by atoms with van der Waals surface area (Å²) in [6.45, 7) is 3.80. The van der Waals surface area contributed by atoms with Crippen molar-refractivity contribution in [3.63, 3.8) is 0 Å². The van der Waals surface area contributed by atoms with Crippen molar-refractivity contribution in [3.05, 3.63) is 53.3 Å². The minimum atomic E-state index is -0.375. The maximum atomic E-state index is 13.4. The first kappa shape index (κ1) is 11.5. The molecule has 0 amide bonds. The van der Waals surface area contributed by atoms with Crippen LogP contribution in [0.2, 0.25) is 0 Å². The second-order valence-corrected chi connectivity index (χ2v) is 4.00. The van der Waals surface area contributed by atoms with E-state index in [2.05, 4.69) is 0 Å². The van der Waals surface area contributed by atoms with Crippen molar-refractivity contribution in [1.82, 2.24) is 0 Å². The molecule has 2 N–H and O–H groups in total. The number of benzene rings is 2. The lowest BCUT2D eigenvalue weighted by Crippen LogP contribution is -1.95. The zero-order chi connectivity index (χ0) is 12.4. The highest BCUT2D eigenvalue weighted by molar-refractivity contribution is 5.56. The van der Waals surface area contributed by atoms with Gasteiger partial charge in [-0.1, -0.05) is 12.1 Å².